The molecule has 3 atom stereocenters. The van der Waals surface area contributed by atoms with Gasteiger partial charge in [0.25, 0.3) is 0 Å². The lowest BCUT2D eigenvalue weighted by Crippen LogP contribution is -2.28. The molecule has 1 rings (SSSR count). The number of unbranched alkanes of at least 4 members (excludes halogenated alkanes) is 2. The average molecular weight is 328 g/mol. The Balaban J connectivity index is 2.73. The summed E-state index contributed by atoms with van der Waals surface area (Å²) in [5, 5.41) is 18.6. The van der Waals surface area contributed by atoms with Crippen LogP contribution in [0, 0.1) is 11.8 Å². The lowest BCUT2D eigenvalue weighted by molar-refractivity contribution is -0.158. The predicted octanol–water partition coefficient (Wildman–Crippen LogP) is 2.04. The maximum Gasteiger partial charge on any atom is 0.319 e. The van der Waals surface area contributed by atoms with E-state index in [0.717, 1.165) is 19.3 Å². The Morgan fingerprint density at radius 1 is 1.50 bits per heavy atom. The van der Waals surface area contributed by atoms with E-state index in [9.17, 15) is 14.7 Å². The molecule has 1 aliphatic rings. The minimum absolute atomic E-state index is 0.291. The van der Waals surface area contributed by atoms with Crippen molar-refractivity contribution in [2.45, 2.75) is 38.7 Å². The lowest BCUT2D eigenvalue weighted by Gasteiger charge is -2.13. The fraction of sp³-hybridized carbons (Fsp3) is 0.625. The van der Waals surface area contributed by atoms with E-state index < -0.39 is 30.7 Å². The van der Waals surface area contributed by atoms with Crippen molar-refractivity contribution in [1.29, 1.82) is 0 Å². The minimum atomic E-state index is -0.964. The molecule has 3 unspecified atom stereocenters. The van der Waals surface area contributed by atoms with Gasteiger partial charge in [-0.2, -0.15) is 0 Å². The number of carbonyl (C=O) groups excluding carboxylic acids is 2. The second kappa shape index (κ2) is 9.82. The Kier molecular flexibility index (Phi) is 8.45. The fourth-order valence-corrected chi connectivity index (χ4v) is 3.01. The molecular formula is C16H24O5S. The number of carbonyl (C=O) groups is 2. The van der Waals surface area contributed by atoms with Crippen molar-refractivity contribution >= 4 is 23.5 Å². The number of aliphatic hydroxyl groups is 2. The number of rotatable bonds is 9. The predicted molar refractivity (Wildman–Crippen MR) is 86.1 cm³/mol. The van der Waals surface area contributed by atoms with Gasteiger partial charge in [-0.25, -0.2) is 0 Å². The largest absolute Gasteiger partial charge is 0.438 e. The van der Waals surface area contributed by atoms with Crippen LogP contribution in [0.15, 0.2) is 23.1 Å². The van der Waals surface area contributed by atoms with E-state index >= 15 is 0 Å². The summed E-state index contributed by atoms with van der Waals surface area (Å²) in [6.45, 7) is 1.35. The molecule has 0 bridgehead atoms. The van der Waals surface area contributed by atoms with Gasteiger partial charge in [-0.15, -0.1) is 11.8 Å². The first kappa shape index (κ1) is 18.9. The third-order valence-electron chi connectivity index (χ3n) is 3.59. The summed E-state index contributed by atoms with van der Waals surface area (Å²) in [6.07, 6.45) is 9.96. The molecule has 0 saturated heterocycles. The summed E-state index contributed by atoms with van der Waals surface area (Å²) in [5.74, 6) is -2.42. The van der Waals surface area contributed by atoms with Crippen LogP contribution in [-0.4, -0.2) is 41.1 Å². The second-order valence-corrected chi connectivity index (χ2v) is 6.04. The standard InChI is InChI=1S/C16H24O5S/c1-3-4-5-6-12(18)8-7-11-9-13(22-2)15(19)14(11)16(20)21-10-17/h7-9,11-12,14,17-18H,3-6,10H2,1-2H3. The van der Waals surface area contributed by atoms with E-state index in [1.807, 2.05) is 0 Å². The van der Waals surface area contributed by atoms with Gasteiger partial charge in [-0.3, -0.25) is 9.59 Å². The third-order valence-corrected chi connectivity index (χ3v) is 4.37. The number of hydrogen-bond acceptors (Lipinski definition) is 6. The van der Waals surface area contributed by atoms with Crippen LogP contribution in [0.25, 0.3) is 0 Å². The van der Waals surface area contributed by atoms with Crippen LogP contribution in [-0.2, 0) is 14.3 Å². The monoisotopic (exact) mass is 328 g/mol. The maximum absolute atomic E-state index is 12.2. The summed E-state index contributed by atoms with van der Waals surface area (Å²) in [6, 6.07) is 0. The summed E-state index contributed by atoms with van der Waals surface area (Å²) >= 11 is 1.28. The lowest BCUT2D eigenvalue weighted by atomic mass is 9.93. The van der Waals surface area contributed by atoms with Crippen LogP contribution in [0.3, 0.4) is 0 Å². The van der Waals surface area contributed by atoms with Crippen molar-refractivity contribution in [3.63, 3.8) is 0 Å². The van der Waals surface area contributed by atoms with Crippen molar-refractivity contribution in [2.24, 2.45) is 11.8 Å². The first-order valence-corrected chi connectivity index (χ1v) is 8.71. The minimum Gasteiger partial charge on any atom is -0.438 e. The third kappa shape index (κ3) is 5.26. The number of hydrogen-bond donors (Lipinski definition) is 2. The topological polar surface area (TPSA) is 83.8 Å². The highest BCUT2D eigenvalue weighted by Crippen LogP contribution is 2.34. The number of aliphatic hydroxyl groups excluding tert-OH is 2. The Hall–Kier alpha value is -1.11. The molecule has 0 spiro atoms. The molecule has 0 fully saturated rings. The van der Waals surface area contributed by atoms with E-state index in [4.69, 9.17) is 5.11 Å². The summed E-state index contributed by atoms with van der Waals surface area (Å²) in [7, 11) is 0. The molecule has 0 saturated carbocycles. The van der Waals surface area contributed by atoms with E-state index in [1.54, 1.807) is 24.5 Å². The normalized spacial score (nSPS) is 22.9. The van der Waals surface area contributed by atoms with Gasteiger partial charge in [0.15, 0.2) is 12.6 Å². The molecule has 0 heterocycles. The van der Waals surface area contributed by atoms with Gasteiger partial charge in [-0.05, 0) is 12.7 Å². The molecule has 22 heavy (non-hydrogen) atoms. The fourth-order valence-electron chi connectivity index (χ4n) is 2.39. The average Bonchev–Trinajstić information content (AvgIpc) is 2.81. The molecular weight excluding hydrogens is 304 g/mol. The number of Topliss-reactive ketones (excluding diaryl/α,β-unsaturated/α-hetero) is 1. The second-order valence-electron chi connectivity index (χ2n) is 5.19. The van der Waals surface area contributed by atoms with Gasteiger partial charge in [0.1, 0.15) is 5.92 Å². The molecule has 0 aromatic heterocycles. The quantitative estimate of drug-likeness (QED) is 0.221. The molecule has 0 radical (unpaired) electrons. The number of thioether (sulfide) groups is 1. The van der Waals surface area contributed by atoms with Crippen molar-refractivity contribution in [3.8, 4) is 0 Å². The zero-order chi connectivity index (χ0) is 16.5. The first-order valence-electron chi connectivity index (χ1n) is 7.49. The van der Waals surface area contributed by atoms with Crippen LogP contribution < -0.4 is 0 Å². The SMILES string of the molecule is CCCCCC(O)C=CC1C=C(SC)C(=O)C1C(=O)OCO. The van der Waals surface area contributed by atoms with Crippen molar-refractivity contribution in [2.75, 3.05) is 13.0 Å². The van der Waals surface area contributed by atoms with Crippen LogP contribution >= 0.6 is 11.8 Å². The number of allylic oxidation sites excluding steroid dienone is 3. The molecule has 1 aliphatic carbocycles. The van der Waals surface area contributed by atoms with Crippen molar-refractivity contribution < 1.29 is 24.5 Å². The van der Waals surface area contributed by atoms with Crippen molar-refractivity contribution in [3.05, 3.63) is 23.1 Å². The van der Waals surface area contributed by atoms with E-state index in [1.165, 1.54) is 11.8 Å². The van der Waals surface area contributed by atoms with Crippen LogP contribution in [0.2, 0.25) is 0 Å². The maximum atomic E-state index is 12.2. The summed E-state index contributed by atoms with van der Waals surface area (Å²) in [4.78, 5) is 24.5. The van der Waals surface area contributed by atoms with Gasteiger partial charge < -0.3 is 14.9 Å². The van der Waals surface area contributed by atoms with Gasteiger partial charge in [-0.1, -0.05) is 44.4 Å². The highest BCUT2D eigenvalue weighted by atomic mass is 32.2. The molecule has 124 valence electrons. The van der Waals surface area contributed by atoms with Crippen LogP contribution in [0.5, 0.6) is 0 Å². The van der Waals surface area contributed by atoms with E-state index in [2.05, 4.69) is 11.7 Å². The Morgan fingerprint density at radius 3 is 2.82 bits per heavy atom. The Bertz CT molecular complexity index is 444. The number of ketones is 1. The van der Waals surface area contributed by atoms with Gasteiger partial charge in [0, 0.05) is 10.8 Å². The molecule has 6 heteroatoms. The number of esters is 1. The molecule has 0 aromatic rings. The molecule has 0 aromatic carbocycles. The molecule has 5 nitrogen and oxygen atoms in total. The smallest absolute Gasteiger partial charge is 0.319 e. The number of ether oxygens (including phenoxy) is 1. The van der Waals surface area contributed by atoms with Crippen LogP contribution in [0.1, 0.15) is 32.6 Å². The molecule has 0 amide bonds. The highest BCUT2D eigenvalue weighted by Gasteiger charge is 2.40. The molecule has 0 aliphatic heterocycles. The zero-order valence-electron chi connectivity index (χ0n) is 13.0. The van der Waals surface area contributed by atoms with Gasteiger partial charge in [0.05, 0.1) is 6.10 Å². The Morgan fingerprint density at radius 2 is 2.23 bits per heavy atom. The van der Waals surface area contributed by atoms with E-state index in [-0.39, 0.29) is 5.78 Å². The van der Waals surface area contributed by atoms with Crippen LogP contribution in [0.4, 0.5) is 0 Å². The van der Waals surface area contributed by atoms with Gasteiger partial charge >= 0.3 is 5.97 Å². The van der Waals surface area contributed by atoms with E-state index in [0.29, 0.717) is 11.3 Å². The highest BCUT2D eigenvalue weighted by molar-refractivity contribution is 8.03. The summed E-state index contributed by atoms with van der Waals surface area (Å²) in [5.41, 5.74) is 0. The Labute approximate surface area is 135 Å². The first-order chi connectivity index (χ1) is 10.5. The van der Waals surface area contributed by atoms with Gasteiger partial charge in [0.2, 0.25) is 0 Å². The molecule has 2 N–H and O–H groups in total. The van der Waals surface area contributed by atoms with Crippen molar-refractivity contribution in [1.82, 2.24) is 0 Å². The summed E-state index contributed by atoms with van der Waals surface area (Å²) < 4.78 is 4.56. The zero-order valence-corrected chi connectivity index (χ0v) is 13.8.